The van der Waals surface area contributed by atoms with Crippen LogP contribution in [0.25, 0.3) is 0 Å². The topological polar surface area (TPSA) is 58.0 Å². The molecule has 0 bridgehead atoms. The van der Waals surface area contributed by atoms with Gasteiger partial charge >= 0.3 is 6.18 Å². The fourth-order valence-electron chi connectivity index (χ4n) is 0.752. The van der Waals surface area contributed by atoms with Crippen molar-refractivity contribution in [2.24, 2.45) is 0 Å². The van der Waals surface area contributed by atoms with Crippen LogP contribution in [0.15, 0.2) is 17.0 Å². The SMILES string of the molecule is OC(CNc1ncncc1Br)C(F)(F)F. The van der Waals surface area contributed by atoms with Crippen LogP contribution in [-0.2, 0) is 0 Å². The lowest BCUT2D eigenvalue weighted by Gasteiger charge is -2.15. The van der Waals surface area contributed by atoms with Gasteiger partial charge in [-0.3, -0.25) is 0 Å². The highest BCUT2D eigenvalue weighted by molar-refractivity contribution is 9.10. The first-order valence-electron chi connectivity index (χ1n) is 3.85. The average Bonchev–Trinajstić information content (AvgIpc) is 2.14. The Balaban J connectivity index is 2.55. The predicted molar refractivity (Wildman–Crippen MR) is 50.3 cm³/mol. The smallest absolute Gasteiger partial charge is 0.382 e. The molecule has 1 rings (SSSR count). The lowest BCUT2D eigenvalue weighted by atomic mass is 10.3. The summed E-state index contributed by atoms with van der Waals surface area (Å²) in [6.45, 7) is -0.654. The molecule has 0 saturated heterocycles. The van der Waals surface area contributed by atoms with E-state index in [1.54, 1.807) is 0 Å². The first kappa shape index (κ1) is 12.2. The van der Waals surface area contributed by atoms with E-state index in [-0.39, 0.29) is 5.82 Å². The number of aliphatic hydroxyl groups is 1. The summed E-state index contributed by atoms with van der Waals surface area (Å²) in [5.41, 5.74) is 0. The van der Waals surface area contributed by atoms with Gasteiger partial charge in [0.05, 0.1) is 11.0 Å². The van der Waals surface area contributed by atoms with Gasteiger partial charge in [0.25, 0.3) is 0 Å². The van der Waals surface area contributed by atoms with E-state index in [0.29, 0.717) is 4.47 Å². The number of halogens is 4. The van der Waals surface area contributed by atoms with Crippen LogP contribution < -0.4 is 5.32 Å². The van der Waals surface area contributed by atoms with Crippen LogP contribution in [0.3, 0.4) is 0 Å². The molecule has 1 aromatic rings. The van der Waals surface area contributed by atoms with Crippen LogP contribution in [0.1, 0.15) is 0 Å². The zero-order valence-electron chi connectivity index (χ0n) is 7.29. The number of hydrogen-bond donors (Lipinski definition) is 2. The zero-order valence-corrected chi connectivity index (χ0v) is 8.88. The number of nitrogens with zero attached hydrogens (tertiary/aromatic N) is 2. The second kappa shape index (κ2) is 4.75. The quantitative estimate of drug-likeness (QED) is 0.885. The molecule has 8 heteroatoms. The summed E-state index contributed by atoms with van der Waals surface area (Å²) in [6, 6.07) is 0. The Morgan fingerprint density at radius 3 is 2.73 bits per heavy atom. The molecule has 4 nitrogen and oxygen atoms in total. The molecule has 0 aliphatic carbocycles. The molecule has 1 unspecified atom stereocenters. The minimum atomic E-state index is -4.63. The summed E-state index contributed by atoms with van der Waals surface area (Å²) < 4.78 is 36.2. The van der Waals surface area contributed by atoms with E-state index in [9.17, 15) is 13.2 Å². The highest BCUT2D eigenvalue weighted by Gasteiger charge is 2.37. The molecule has 0 radical (unpaired) electrons. The molecule has 84 valence electrons. The zero-order chi connectivity index (χ0) is 11.5. The molecular weight excluding hydrogens is 279 g/mol. The Hall–Kier alpha value is -0.890. The number of rotatable bonds is 3. The van der Waals surface area contributed by atoms with Crippen molar-refractivity contribution in [3.8, 4) is 0 Å². The van der Waals surface area contributed by atoms with E-state index >= 15 is 0 Å². The first-order valence-corrected chi connectivity index (χ1v) is 4.64. The van der Waals surface area contributed by atoms with Crippen molar-refractivity contribution in [2.75, 3.05) is 11.9 Å². The molecule has 0 saturated carbocycles. The van der Waals surface area contributed by atoms with Crippen molar-refractivity contribution >= 4 is 21.7 Å². The summed E-state index contributed by atoms with van der Waals surface area (Å²) in [6.07, 6.45) is -4.48. The number of nitrogens with one attached hydrogen (secondary N) is 1. The van der Waals surface area contributed by atoms with Crippen molar-refractivity contribution in [1.29, 1.82) is 0 Å². The highest BCUT2D eigenvalue weighted by atomic mass is 79.9. The second-order valence-corrected chi connectivity index (χ2v) is 3.51. The molecular formula is C7H7BrF3N3O. The molecule has 1 aromatic heterocycles. The third kappa shape index (κ3) is 3.63. The van der Waals surface area contributed by atoms with Crippen LogP contribution in [0.5, 0.6) is 0 Å². The number of anilines is 1. The van der Waals surface area contributed by atoms with Crippen molar-refractivity contribution in [3.63, 3.8) is 0 Å². The van der Waals surface area contributed by atoms with Gasteiger partial charge in [-0.2, -0.15) is 13.2 Å². The van der Waals surface area contributed by atoms with Gasteiger partial charge in [0, 0.05) is 6.20 Å². The number of aliphatic hydroxyl groups excluding tert-OH is 1. The van der Waals surface area contributed by atoms with Gasteiger partial charge in [-0.1, -0.05) is 0 Å². The largest absolute Gasteiger partial charge is 0.416 e. The highest BCUT2D eigenvalue weighted by Crippen LogP contribution is 2.22. The molecule has 1 atom stereocenters. The van der Waals surface area contributed by atoms with E-state index in [1.807, 2.05) is 0 Å². The molecule has 0 aliphatic rings. The number of hydrogen-bond acceptors (Lipinski definition) is 4. The molecule has 0 aromatic carbocycles. The molecule has 0 spiro atoms. The van der Waals surface area contributed by atoms with E-state index < -0.39 is 18.8 Å². The summed E-state index contributed by atoms with van der Waals surface area (Å²) in [5.74, 6) is 0.202. The van der Waals surface area contributed by atoms with E-state index in [2.05, 4.69) is 31.2 Å². The van der Waals surface area contributed by atoms with Gasteiger partial charge in [0.2, 0.25) is 0 Å². The molecule has 0 fully saturated rings. The standard InChI is InChI=1S/C7H7BrF3N3O/c8-4-1-12-3-14-6(4)13-2-5(15)7(9,10)11/h1,3,5,15H,2H2,(H,12,13,14). The van der Waals surface area contributed by atoms with Gasteiger partial charge in [0.15, 0.2) is 6.10 Å². The van der Waals surface area contributed by atoms with E-state index in [1.165, 1.54) is 12.5 Å². The Bertz CT molecular complexity index is 334. The third-order valence-electron chi connectivity index (χ3n) is 1.51. The fraction of sp³-hybridized carbons (Fsp3) is 0.429. The van der Waals surface area contributed by atoms with E-state index in [0.717, 1.165) is 0 Å². The van der Waals surface area contributed by atoms with Crippen LogP contribution in [0.2, 0.25) is 0 Å². The first-order chi connectivity index (χ1) is 6.91. The average molecular weight is 286 g/mol. The van der Waals surface area contributed by atoms with Gasteiger partial charge in [-0.05, 0) is 15.9 Å². The minimum Gasteiger partial charge on any atom is -0.382 e. The molecule has 0 aliphatic heterocycles. The maximum atomic E-state index is 11.9. The summed E-state index contributed by atoms with van der Waals surface area (Å²) in [7, 11) is 0. The second-order valence-electron chi connectivity index (χ2n) is 2.66. The molecule has 1 heterocycles. The van der Waals surface area contributed by atoms with Crippen LogP contribution >= 0.6 is 15.9 Å². The monoisotopic (exact) mass is 285 g/mol. The Kier molecular flexibility index (Phi) is 3.86. The maximum absolute atomic E-state index is 11.9. The van der Waals surface area contributed by atoms with E-state index in [4.69, 9.17) is 5.11 Å². The van der Waals surface area contributed by atoms with Gasteiger partial charge < -0.3 is 10.4 Å². The van der Waals surface area contributed by atoms with Crippen LogP contribution in [-0.4, -0.2) is 33.9 Å². The maximum Gasteiger partial charge on any atom is 0.416 e. The molecule has 0 amide bonds. The predicted octanol–water partition coefficient (Wildman–Crippen LogP) is 1.57. The Morgan fingerprint density at radius 1 is 1.53 bits per heavy atom. The summed E-state index contributed by atoms with van der Waals surface area (Å²) in [5, 5.41) is 11.0. The van der Waals surface area contributed by atoms with Gasteiger partial charge in [-0.15, -0.1) is 0 Å². The van der Waals surface area contributed by atoms with Crippen molar-refractivity contribution in [3.05, 3.63) is 17.0 Å². The van der Waals surface area contributed by atoms with Crippen molar-refractivity contribution < 1.29 is 18.3 Å². The van der Waals surface area contributed by atoms with Gasteiger partial charge in [0.1, 0.15) is 12.1 Å². The van der Waals surface area contributed by atoms with Gasteiger partial charge in [-0.25, -0.2) is 9.97 Å². The van der Waals surface area contributed by atoms with Crippen molar-refractivity contribution in [1.82, 2.24) is 9.97 Å². The molecule has 15 heavy (non-hydrogen) atoms. The number of aromatic nitrogens is 2. The number of alkyl halides is 3. The van der Waals surface area contributed by atoms with Crippen LogP contribution in [0.4, 0.5) is 19.0 Å². The lowest BCUT2D eigenvalue weighted by Crippen LogP contribution is -2.35. The minimum absolute atomic E-state index is 0.202. The Labute approximate surface area is 91.7 Å². The normalized spacial score (nSPS) is 13.7. The fourth-order valence-corrected chi connectivity index (χ4v) is 1.11. The third-order valence-corrected chi connectivity index (χ3v) is 2.09. The van der Waals surface area contributed by atoms with Crippen molar-refractivity contribution in [2.45, 2.75) is 12.3 Å². The Morgan fingerprint density at radius 2 is 2.20 bits per heavy atom. The van der Waals surface area contributed by atoms with Crippen LogP contribution in [0, 0.1) is 0 Å². The summed E-state index contributed by atoms with van der Waals surface area (Å²) >= 11 is 3.05. The molecule has 2 N–H and O–H groups in total. The summed E-state index contributed by atoms with van der Waals surface area (Å²) in [4.78, 5) is 7.32. The lowest BCUT2D eigenvalue weighted by molar-refractivity contribution is -0.198.